The maximum atomic E-state index is 13.4. The van der Waals surface area contributed by atoms with Gasteiger partial charge in [0.15, 0.2) is 0 Å². The number of nitrogens with one attached hydrogen (secondary N) is 1. The van der Waals surface area contributed by atoms with Gasteiger partial charge in [0.25, 0.3) is 5.91 Å². The maximum Gasteiger partial charge on any atom is 0.254 e. The van der Waals surface area contributed by atoms with Gasteiger partial charge < -0.3 is 4.90 Å². The number of hydrogen-bond donors (Lipinski definition) is 1. The van der Waals surface area contributed by atoms with Gasteiger partial charge in [-0.05, 0) is 55.7 Å². The van der Waals surface area contributed by atoms with Crippen molar-refractivity contribution in [2.75, 3.05) is 6.54 Å². The number of rotatable bonds is 7. The lowest BCUT2D eigenvalue weighted by atomic mass is 10.1. The fourth-order valence-corrected chi connectivity index (χ4v) is 4.00. The predicted molar refractivity (Wildman–Crippen MR) is 96.6 cm³/mol. The zero-order chi connectivity index (χ0) is 18.7. The Balaban J connectivity index is 1.80. The van der Waals surface area contributed by atoms with E-state index < -0.39 is 10.0 Å². The number of nitrogens with zero attached hydrogens (tertiary/aromatic N) is 1. The van der Waals surface area contributed by atoms with Gasteiger partial charge in [0.2, 0.25) is 10.0 Å². The van der Waals surface area contributed by atoms with Crippen LogP contribution in [0, 0.1) is 5.82 Å². The van der Waals surface area contributed by atoms with Crippen LogP contribution in [0.1, 0.15) is 35.7 Å². The van der Waals surface area contributed by atoms with E-state index in [0.29, 0.717) is 17.7 Å². The summed E-state index contributed by atoms with van der Waals surface area (Å²) in [7, 11) is -3.62. The molecule has 0 saturated heterocycles. The molecule has 0 atom stereocenters. The molecule has 1 aliphatic rings. The largest absolute Gasteiger partial charge is 0.335 e. The van der Waals surface area contributed by atoms with E-state index in [0.717, 1.165) is 12.8 Å². The molecule has 1 saturated carbocycles. The summed E-state index contributed by atoms with van der Waals surface area (Å²) >= 11 is 0. The molecule has 7 heteroatoms. The summed E-state index contributed by atoms with van der Waals surface area (Å²) in [6.07, 6.45) is 1.68. The summed E-state index contributed by atoms with van der Waals surface area (Å²) in [6, 6.07) is 12.1. The zero-order valence-corrected chi connectivity index (χ0v) is 15.3. The first kappa shape index (κ1) is 18.5. The lowest BCUT2D eigenvalue weighted by Gasteiger charge is -2.21. The molecule has 0 heterocycles. The van der Waals surface area contributed by atoms with Gasteiger partial charge in [0.1, 0.15) is 5.82 Å². The molecular formula is C19H21FN2O3S. The molecule has 1 aliphatic carbocycles. The van der Waals surface area contributed by atoms with E-state index in [4.69, 9.17) is 0 Å². The second-order valence-electron chi connectivity index (χ2n) is 6.37. The molecule has 0 spiro atoms. The fourth-order valence-electron chi connectivity index (χ4n) is 2.65. The number of amides is 1. The van der Waals surface area contributed by atoms with E-state index in [1.54, 1.807) is 29.2 Å². The molecule has 2 aromatic carbocycles. The Morgan fingerprint density at radius 3 is 2.58 bits per heavy atom. The molecule has 138 valence electrons. The van der Waals surface area contributed by atoms with E-state index in [2.05, 4.69) is 4.72 Å². The van der Waals surface area contributed by atoms with Crippen LogP contribution < -0.4 is 4.72 Å². The number of benzene rings is 2. The topological polar surface area (TPSA) is 66.5 Å². The molecule has 0 radical (unpaired) electrons. The first-order valence-electron chi connectivity index (χ1n) is 8.55. The first-order valence-corrected chi connectivity index (χ1v) is 10.0. The van der Waals surface area contributed by atoms with Crippen molar-refractivity contribution in [1.29, 1.82) is 0 Å². The lowest BCUT2D eigenvalue weighted by Crippen LogP contribution is -2.31. The van der Waals surface area contributed by atoms with Crippen LogP contribution in [0.4, 0.5) is 4.39 Å². The van der Waals surface area contributed by atoms with Crippen molar-refractivity contribution in [2.45, 2.75) is 37.2 Å². The van der Waals surface area contributed by atoms with Gasteiger partial charge in [0.05, 0.1) is 4.90 Å². The molecule has 26 heavy (non-hydrogen) atoms. The molecule has 5 nitrogen and oxygen atoms in total. The minimum atomic E-state index is -3.62. The third-order valence-corrected chi connectivity index (χ3v) is 5.74. The summed E-state index contributed by atoms with van der Waals surface area (Å²) < 4.78 is 40.7. The van der Waals surface area contributed by atoms with E-state index in [1.165, 1.54) is 24.3 Å². The Labute approximate surface area is 152 Å². The lowest BCUT2D eigenvalue weighted by molar-refractivity contribution is 0.0752. The third-order valence-electron chi connectivity index (χ3n) is 4.22. The van der Waals surface area contributed by atoms with Crippen molar-refractivity contribution in [3.05, 3.63) is 65.5 Å². The molecule has 3 rings (SSSR count). The Kier molecular flexibility index (Phi) is 5.38. The van der Waals surface area contributed by atoms with Crippen LogP contribution in [-0.2, 0) is 16.6 Å². The van der Waals surface area contributed by atoms with Crippen LogP contribution in [0.3, 0.4) is 0 Å². The van der Waals surface area contributed by atoms with Gasteiger partial charge in [-0.15, -0.1) is 0 Å². The van der Waals surface area contributed by atoms with Crippen LogP contribution in [0.15, 0.2) is 53.4 Å². The minimum Gasteiger partial charge on any atom is -0.335 e. The van der Waals surface area contributed by atoms with Crippen molar-refractivity contribution in [3.8, 4) is 0 Å². The van der Waals surface area contributed by atoms with Gasteiger partial charge in [-0.25, -0.2) is 17.5 Å². The SMILES string of the molecule is CCN(Cc1cccc(F)c1)C(=O)c1cccc(S(=O)(=O)NC2CC2)c1. The second-order valence-corrected chi connectivity index (χ2v) is 8.09. The van der Waals surface area contributed by atoms with Gasteiger partial charge in [-0.3, -0.25) is 4.79 Å². The normalized spacial score (nSPS) is 14.2. The zero-order valence-electron chi connectivity index (χ0n) is 14.5. The molecule has 0 unspecified atom stereocenters. The van der Waals surface area contributed by atoms with Crippen LogP contribution in [0.2, 0.25) is 0 Å². The van der Waals surface area contributed by atoms with Crippen molar-refractivity contribution < 1.29 is 17.6 Å². The van der Waals surface area contributed by atoms with Gasteiger partial charge in [0, 0.05) is 24.7 Å². The smallest absolute Gasteiger partial charge is 0.254 e. The highest BCUT2D eigenvalue weighted by Gasteiger charge is 2.28. The molecule has 1 N–H and O–H groups in total. The second kappa shape index (κ2) is 7.55. The fraction of sp³-hybridized carbons (Fsp3) is 0.316. The van der Waals surface area contributed by atoms with Crippen molar-refractivity contribution in [1.82, 2.24) is 9.62 Å². The molecule has 1 amide bonds. The molecule has 0 aliphatic heterocycles. The van der Waals surface area contributed by atoms with Crippen LogP contribution in [0.25, 0.3) is 0 Å². The predicted octanol–water partition coefficient (Wildman–Crippen LogP) is 2.93. The van der Waals surface area contributed by atoms with Crippen LogP contribution >= 0.6 is 0 Å². The number of halogens is 1. The Morgan fingerprint density at radius 2 is 1.92 bits per heavy atom. The highest BCUT2D eigenvalue weighted by atomic mass is 32.2. The third kappa shape index (κ3) is 4.47. The molecule has 2 aromatic rings. The molecule has 0 aromatic heterocycles. The van der Waals surface area contributed by atoms with E-state index in [1.807, 2.05) is 6.92 Å². The van der Waals surface area contributed by atoms with Crippen molar-refractivity contribution >= 4 is 15.9 Å². The average Bonchev–Trinajstić information content (AvgIpc) is 3.42. The number of carbonyl (C=O) groups is 1. The number of sulfonamides is 1. The minimum absolute atomic E-state index is 0.000486. The average molecular weight is 376 g/mol. The van der Waals surface area contributed by atoms with Crippen LogP contribution in [-0.4, -0.2) is 31.8 Å². The Bertz CT molecular complexity index is 911. The molecule has 1 fully saturated rings. The summed E-state index contributed by atoms with van der Waals surface area (Å²) in [5, 5.41) is 0. The Hall–Kier alpha value is -2.25. The van der Waals surface area contributed by atoms with Gasteiger partial charge in [-0.2, -0.15) is 0 Å². The summed E-state index contributed by atoms with van der Waals surface area (Å²) in [4.78, 5) is 14.4. The van der Waals surface area contributed by atoms with Gasteiger partial charge >= 0.3 is 0 Å². The first-order chi connectivity index (χ1) is 12.4. The van der Waals surface area contributed by atoms with E-state index in [9.17, 15) is 17.6 Å². The molecule has 0 bridgehead atoms. The van der Waals surface area contributed by atoms with Gasteiger partial charge in [-0.1, -0.05) is 18.2 Å². The summed E-state index contributed by atoms with van der Waals surface area (Å²) in [5.74, 6) is -0.648. The standard InChI is InChI=1S/C19H21FN2O3S/c1-2-22(13-14-5-3-7-16(20)11-14)19(23)15-6-4-8-18(12-15)26(24,25)21-17-9-10-17/h3-8,11-12,17,21H,2,9-10,13H2,1H3. The van der Waals surface area contributed by atoms with Crippen molar-refractivity contribution in [3.63, 3.8) is 0 Å². The van der Waals surface area contributed by atoms with E-state index in [-0.39, 0.29) is 29.2 Å². The quantitative estimate of drug-likeness (QED) is 0.808. The Morgan fingerprint density at radius 1 is 1.19 bits per heavy atom. The monoisotopic (exact) mass is 376 g/mol. The summed E-state index contributed by atoms with van der Waals surface area (Å²) in [6.45, 7) is 2.50. The van der Waals surface area contributed by atoms with Crippen molar-refractivity contribution in [2.24, 2.45) is 0 Å². The van der Waals surface area contributed by atoms with E-state index >= 15 is 0 Å². The number of hydrogen-bond acceptors (Lipinski definition) is 3. The van der Waals surface area contributed by atoms with Crippen LogP contribution in [0.5, 0.6) is 0 Å². The molecular weight excluding hydrogens is 355 g/mol. The highest BCUT2D eigenvalue weighted by Crippen LogP contribution is 2.23. The maximum absolute atomic E-state index is 13.4. The number of carbonyl (C=O) groups excluding carboxylic acids is 1. The highest BCUT2D eigenvalue weighted by molar-refractivity contribution is 7.89. The summed E-state index contributed by atoms with van der Waals surface area (Å²) in [5.41, 5.74) is 0.973.